The van der Waals surface area contributed by atoms with Crippen LogP contribution in [0.5, 0.6) is 0 Å². The average Bonchev–Trinajstić information content (AvgIpc) is 2.64. The Bertz CT molecular complexity index is 568. The van der Waals surface area contributed by atoms with Crippen molar-refractivity contribution in [3.05, 3.63) is 21.4 Å². The fraction of sp³-hybridized carbons (Fsp3) is 0.500. The molecule has 1 fully saturated rings. The average molecular weight is 295 g/mol. The molecule has 1 aromatic heterocycles. The Balaban J connectivity index is 2.20. The molecule has 2 heterocycles. The number of carboxylic acid groups (broad SMARTS) is 1. The monoisotopic (exact) mass is 295 g/mol. The molecule has 1 N–H and O–H groups in total. The molecule has 0 unspecified atom stereocenters. The normalized spacial score (nSPS) is 18.4. The SMILES string of the molecule is Cc1sc(C(=O)O)cc1CN1C(=O)CC(C)(C)CC1=O. The van der Waals surface area contributed by atoms with E-state index in [4.69, 9.17) is 5.11 Å². The van der Waals surface area contributed by atoms with Crippen LogP contribution in [0.4, 0.5) is 0 Å². The Labute approximate surface area is 121 Å². The number of aromatic carboxylic acids is 1. The van der Waals surface area contributed by atoms with Crippen LogP contribution in [0, 0.1) is 12.3 Å². The van der Waals surface area contributed by atoms with Crippen LogP contribution in [0.1, 0.15) is 46.8 Å². The Hall–Kier alpha value is -1.69. The van der Waals surface area contributed by atoms with E-state index in [9.17, 15) is 14.4 Å². The lowest BCUT2D eigenvalue weighted by Crippen LogP contribution is -2.45. The molecule has 0 bridgehead atoms. The predicted octanol–water partition coefficient (Wildman–Crippen LogP) is 2.43. The summed E-state index contributed by atoms with van der Waals surface area (Å²) in [6.45, 7) is 5.77. The van der Waals surface area contributed by atoms with Crippen molar-refractivity contribution in [2.24, 2.45) is 5.41 Å². The van der Waals surface area contributed by atoms with Crippen LogP contribution in [0.15, 0.2) is 6.07 Å². The molecule has 1 aliphatic heterocycles. The summed E-state index contributed by atoms with van der Waals surface area (Å²) < 4.78 is 0. The second-order valence-corrected chi connectivity index (χ2v) is 7.14. The van der Waals surface area contributed by atoms with Crippen molar-refractivity contribution in [3.63, 3.8) is 0 Å². The second-order valence-electron chi connectivity index (χ2n) is 5.89. The molecule has 2 rings (SSSR count). The highest BCUT2D eigenvalue weighted by Crippen LogP contribution is 2.33. The van der Waals surface area contributed by atoms with Crippen LogP contribution in [0.25, 0.3) is 0 Å². The first-order chi connectivity index (χ1) is 9.19. The number of nitrogens with zero attached hydrogens (tertiary/aromatic N) is 1. The van der Waals surface area contributed by atoms with E-state index in [0.717, 1.165) is 21.8 Å². The van der Waals surface area contributed by atoms with Gasteiger partial charge in [-0.1, -0.05) is 13.8 Å². The maximum Gasteiger partial charge on any atom is 0.345 e. The van der Waals surface area contributed by atoms with Gasteiger partial charge in [0.05, 0.1) is 6.54 Å². The van der Waals surface area contributed by atoms with E-state index in [2.05, 4.69) is 0 Å². The third-order valence-corrected chi connectivity index (χ3v) is 4.50. The number of carboxylic acids is 1. The van der Waals surface area contributed by atoms with Gasteiger partial charge < -0.3 is 5.11 Å². The van der Waals surface area contributed by atoms with Crippen molar-refractivity contribution >= 4 is 29.1 Å². The molecule has 5 nitrogen and oxygen atoms in total. The summed E-state index contributed by atoms with van der Waals surface area (Å²) in [6, 6.07) is 1.54. The topological polar surface area (TPSA) is 74.7 Å². The number of imide groups is 1. The number of hydrogen-bond acceptors (Lipinski definition) is 4. The van der Waals surface area contributed by atoms with Gasteiger partial charge in [-0.05, 0) is 24.0 Å². The van der Waals surface area contributed by atoms with Gasteiger partial charge in [-0.15, -0.1) is 11.3 Å². The number of rotatable bonds is 3. The van der Waals surface area contributed by atoms with Gasteiger partial charge in [0, 0.05) is 17.7 Å². The van der Waals surface area contributed by atoms with Crippen LogP contribution >= 0.6 is 11.3 Å². The van der Waals surface area contributed by atoms with Crippen molar-refractivity contribution in [2.75, 3.05) is 0 Å². The van der Waals surface area contributed by atoms with E-state index in [1.807, 2.05) is 13.8 Å². The highest BCUT2D eigenvalue weighted by atomic mass is 32.1. The summed E-state index contributed by atoms with van der Waals surface area (Å²) in [4.78, 5) is 37.4. The molecule has 6 heteroatoms. The quantitative estimate of drug-likeness (QED) is 0.869. The number of carbonyl (C=O) groups is 3. The molecule has 1 saturated heterocycles. The molecule has 2 amide bonds. The van der Waals surface area contributed by atoms with Gasteiger partial charge in [0.2, 0.25) is 11.8 Å². The molecule has 1 aromatic rings. The van der Waals surface area contributed by atoms with E-state index in [1.54, 1.807) is 13.0 Å². The minimum absolute atomic E-state index is 0.170. The summed E-state index contributed by atoms with van der Waals surface area (Å²) in [5.74, 6) is -1.36. The van der Waals surface area contributed by atoms with Gasteiger partial charge in [0.1, 0.15) is 4.88 Å². The molecule has 108 valence electrons. The lowest BCUT2D eigenvalue weighted by molar-refractivity contribution is -0.153. The molecule has 0 radical (unpaired) electrons. The van der Waals surface area contributed by atoms with E-state index in [0.29, 0.717) is 12.8 Å². The largest absolute Gasteiger partial charge is 0.477 e. The Morgan fingerprint density at radius 2 is 1.90 bits per heavy atom. The first-order valence-electron chi connectivity index (χ1n) is 6.35. The fourth-order valence-corrected chi connectivity index (χ4v) is 3.21. The molecule has 1 aliphatic rings. The third kappa shape index (κ3) is 2.90. The highest BCUT2D eigenvalue weighted by molar-refractivity contribution is 7.14. The second kappa shape index (κ2) is 5.01. The molecule has 0 saturated carbocycles. The van der Waals surface area contributed by atoms with E-state index >= 15 is 0 Å². The summed E-state index contributed by atoms with van der Waals surface area (Å²) in [5.41, 5.74) is 0.439. The Morgan fingerprint density at radius 3 is 2.35 bits per heavy atom. The molecular formula is C14H17NO4S. The zero-order chi connectivity index (χ0) is 15.1. The van der Waals surface area contributed by atoms with Crippen LogP contribution in [0.2, 0.25) is 0 Å². The summed E-state index contributed by atoms with van der Waals surface area (Å²) in [7, 11) is 0. The highest BCUT2D eigenvalue weighted by Gasteiger charge is 2.37. The fourth-order valence-electron chi connectivity index (χ4n) is 2.34. The molecule has 0 aromatic carbocycles. The van der Waals surface area contributed by atoms with Gasteiger partial charge in [0.15, 0.2) is 0 Å². The Kier molecular flexibility index (Phi) is 3.69. The van der Waals surface area contributed by atoms with E-state index in [1.165, 1.54) is 4.90 Å². The summed E-state index contributed by atoms with van der Waals surface area (Å²) in [6.07, 6.45) is 0.682. The zero-order valence-corrected chi connectivity index (χ0v) is 12.5. The third-order valence-electron chi connectivity index (χ3n) is 3.42. The van der Waals surface area contributed by atoms with Gasteiger partial charge in [-0.3, -0.25) is 14.5 Å². The van der Waals surface area contributed by atoms with Gasteiger partial charge in [-0.2, -0.15) is 0 Å². The molecule has 0 spiro atoms. The van der Waals surface area contributed by atoms with Crippen molar-refractivity contribution in [3.8, 4) is 0 Å². The van der Waals surface area contributed by atoms with E-state index < -0.39 is 5.97 Å². The lowest BCUT2D eigenvalue weighted by Gasteiger charge is -2.34. The smallest absolute Gasteiger partial charge is 0.345 e. The number of amides is 2. The maximum atomic E-state index is 12.1. The van der Waals surface area contributed by atoms with Crippen molar-refractivity contribution < 1.29 is 19.5 Å². The first kappa shape index (κ1) is 14.7. The van der Waals surface area contributed by atoms with Gasteiger partial charge in [0.25, 0.3) is 0 Å². The van der Waals surface area contributed by atoms with Crippen molar-refractivity contribution in [1.29, 1.82) is 0 Å². The van der Waals surface area contributed by atoms with Crippen LogP contribution in [0.3, 0.4) is 0 Å². The molecular weight excluding hydrogens is 278 g/mol. The number of carbonyl (C=O) groups excluding carboxylic acids is 2. The maximum absolute atomic E-state index is 12.1. The number of hydrogen-bond donors (Lipinski definition) is 1. The molecule has 20 heavy (non-hydrogen) atoms. The summed E-state index contributed by atoms with van der Waals surface area (Å²) >= 11 is 1.16. The van der Waals surface area contributed by atoms with Gasteiger partial charge in [-0.25, -0.2) is 4.79 Å². The van der Waals surface area contributed by atoms with Crippen molar-refractivity contribution in [1.82, 2.24) is 4.90 Å². The minimum atomic E-state index is -0.984. The van der Waals surface area contributed by atoms with Crippen LogP contribution in [-0.4, -0.2) is 27.8 Å². The standard InChI is InChI=1S/C14H17NO4S/c1-8-9(4-10(20-8)13(18)19)7-15-11(16)5-14(2,3)6-12(15)17/h4H,5-7H2,1-3H3,(H,18,19). The van der Waals surface area contributed by atoms with Crippen molar-refractivity contribution in [2.45, 2.75) is 40.2 Å². The zero-order valence-electron chi connectivity index (χ0n) is 11.7. The van der Waals surface area contributed by atoms with Crippen LogP contribution in [-0.2, 0) is 16.1 Å². The van der Waals surface area contributed by atoms with E-state index in [-0.39, 0.29) is 28.7 Å². The molecule has 0 aliphatic carbocycles. The minimum Gasteiger partial charge on any atom is -0.477 e. The number of piperidine rings is 1. The van der Waals surface area contributed by atoms with Crippen LogP contribution < -0.4 is 0 Å². The molecule has 0 atom stereocenters. The number of likely N-dealkylation sites (tertiary alicyclic amines) is 1. The lowest BCUT2D eigenvalue weighted by atomic mass is 9.81. The predicted molar refractivity (Wildman–Crippen MR) is 74.6 cm³/mol. The number of thiophene rings is 1. The Morgan fingerprint density at radius 1 is 1.35 bits per heavy atom. The van der Waals surface area contributed by atoms with Gasteiger partial charge >= 0.3 is 5.97 Å². The first-order valence-corrected chi connectivity index (χ1v) is 7.17. The summed E-state index contributed by atoms with van der Waals surface area (Å²) in [5, 5.41) is 8.96. The number of aryl methyl sites for hydroxylation is 1.